The minimum absolute atomic E-state index is 0.137. The number of hydrogen-bond donors (Lipinski definition) is 0. The smallest absolute Gasteiger partial charge is 0.139 e. The topological polar surface area (TPSA) is 35.3 Å². The lowest BCUT2D eigenvalue weighted by Gasteiger charge is -2.11. The first-order chi connectivity index (χ1) is 5.70. The van der Waals surface area contributed by atoms with Crippen molar-refractivity contribution < 1.29 is 9.26 Å². The van der Waals surface area contributed by atoms with Crippen LogP contribution in [0.15, 0.2) is 4.52 Å². The van der Waals surface area contributed by atoms with Gasteiger partial charge < -0.3 is 9.26 Å². The third-order valence-electron chi connectivity index (χ3n) is 2.30. The van der Waals surface area contributed by atoms with Crippen LogP contribution in [0, 0.1) is 12.8 Å². The van der Waals surface area contributed by atoms with Crippen LogP contribution >= 0.6 is 0 Å². The molecule has 0 fully saturated rings. The molecule has 3 nitrogen and oxygen atoms in total. The van der Waals surface area contributed by atoms with Gasteiger partial charge in [-0.05, 0) is 12.8 Å². The molecule has 0 spiro atoms. The highest BCUT2D eigenvalue weighted by Gasteiger charge is 2.31. The number of rotatable bonds is 1. The zero-order chi connectivity index (χ0) is 8.72. The summed E-state index contributed by atoms with van der Waals surface area (Å²) in [5, 5.41) is 4.00. The molecule has 1 aliphatic rings. The van der Waals surface area contributed by atoms with Crippen molar-refractivity contribution in [1.82, 2.24) is 5.16 Å². The van der Waals surface area contributed by atoms with Crippen LogP contribution in [0.4, 0.5) is 0 Å². The van der Waals surface area contributed by atoms with Gasteiger partial charge in [-0.15, -0.1) is 0 Å². The molecule has 0 amide bonds. The summed E-state index contributed by atoms with van der Waals surface area (Å²) >= 11 is 0. The second kappa shape index (κ2) is 2.59. The number of aryl methyl sites for hydroxylation is 1. The maximum atomic E-state index is 5.58. The van der Waals surface area contributed by atoms with Crippen molar-refractivity contribution in [2.75, 3.05) is 0 Å². The average Bonchev–Trinajstić information content (AvgIpc) is 2.53. The van der Waals surface area contributed by atoms with Crippen molar-refractivity contribution in [2.24, 2.45) is 5.92 Å². The van der Waals surface area contributed by atoms with E-state index in [0.717, 1.165) is 17.0 Å². The Balaban J connectivity index is 2.36. The highest BCUT2D eigenvalue weighted by molar-refractivity contribution is 5.26. The van der Waals surface area contributed by atoms with E-state index in [-0.39, 0.29) is 6.10 Å². The highest BCUT2D eigenvalue weighted by Crippen LogP contribution is 2.36. The zero-order valence-electron chi connectivity index (χ0n) is 7.63. The van der Waals surface area contributed by atoms with E-state index in [1.165, 1.54) is 0 Å². The molecule has 0 aromatic carbocycles. The van der Waals surface area contributed by atoms with Crippen molar-refractivity contribution in [3.63, 3.8) is 0 Å². The molecule has 3 heteroatoms. The number of ether oxygens (including phenoxy) is 1. The van der Waals surface area contributed by atoms with Crippen molar-refractivity contribution in [3.8, 4) is 0 Å². The summed E-state index contributed by atoms with van der Waals surface area (Å²) in [5.74, 6) is 1.36. The van der Waals surface area contributed by atoms with Crippen LogP contribution in [0.2, 0.25) is 0 Å². The van der Waals surface area contributed by atoms with Gasteiger partial charge in [-0.3, -0.25) is 0 Å². The molecule has 0 saturated heterocycles. The number of nitrogens with zero attached hydrogens (tertiary/aromatic N) is 1. The van der Waals surface area contributed by atoms with Crippen molar-refractivity contribution in [1.29, 1.82) is 0 Å². The molecular formula is C9H13NO2. The van der Waals surface area contributed by atoms with E-state index < -0.39 is 0 Å². The summed E-state index contributed by atoms with van der Waals surface area (Å²) in [4.78, 5) is 0. The standard InChI is InChI=1S/C9H13NO2/c1-5(2)9-8-7(4-11-9)6(3)12-10-8/h5,9H,4H2,1-3H3. The van der Waals surface area contributed by atoms with Gasteiger partial charge in [0.1, 0.15) is 17.6 Å². The summed E-state index contributed by atoms with van der Waals surface area (Å²) in [5.41, 5.74) is 2.15. The van der Waals surface area contributed by atoms with Crippen LogP contribution < -0.4 is 0 Å². The number of fused-ring (bicyclic) bond motifs is 1. The van der Waals surface area contributed by atoms with E-state index in [4.69, 9.17) is 9.26 Å². The first kappa shape index (κ1) is 7.80. The molecule has 66 valence electrons. The molecule has 0 N–H and O–H groups in total. The third kappa shape index (κ3) is 0.966. The Morgan fingerprint density at radius 1 is 1.50 bits per heavy atom. The maximum absolute atomic E-state index is 5.58. The summed E-state index contributed by atoms with van der Waals surface area (Å²) < 4.78 is 10.7. The minimum atomic E-state index is 0.137. The van der Waals surface area contributed by atoms with Gasteiger partial charge in [0.05, 0.1) is 6.61 Å². The Kier molecular flexibility index (Phi) is 1.68. The van der Waals surface area contributed by atoms with Gasteiger partial charge in [-0.1, -0.05) is 19.0 Å². The molecule has 0 saturated carbocycles. The molecule has 1 atom stereocenters. The van der Waals surface area contributed by atoms with Crippen molar-refractivity contribution in [2.45, 2.75) is 33.5 Å². The fourth-order valence-electron chi connectivity index (χ4n) is 1.57. The molecule has 1 unspecified atom stereocenters. The molecule has 12 heavy (non-hydrogen) atoms. The Morgan fingerprint density at radius 3 is 2.92 bits per heavy atom. The van der Waals surface area contributed by atoms with Gasteiger partial charge in [-0.2, -0.15) is 0 Å². The Morgan fingerprint density at radius 2 is 2.25 bits per heavy atom. The van der Waals surface area contributed by atoms with E-state index in [1.54, 1.807) is 0 Å². The first-order valence-electron chi connectivity index (χ1n) is 4.26. The maximum Gasteiger partial charge on any atom is 0.139 e. The predicted octanol–water partition coefficient (Wildman–Crippen LogP) is 2.21. The normalized spacial score (nSPS) is 21.8. The molecule has 0 aliphatic carbocycles. The molecular weight excluding hydrogens is 154 g/mol. The van der Waals surface area contributed by atoms with Crippen LogP contribution in [0.3, 0.4) is 0 Å². The van der Waals surface area contributed by atoms with Gasteiger partial charge in [0.25, 0.3) is 0 Å². The van der Waals surface area contributed by atoms with E-state index in [1.807, 2.05) is 6.92 Å². The van der Waals surface area contributed by atoms with Crippen LogP contribution in [0.5, 0.6) is 0 Å². The number of hydrogen-bond acceptors (Lipinski definition) is 3. The molecule has 2 heterocycles. The number of aromatic nitrogens is 1. The van der Waals surface area contributed by atoms with Crippen molar-refractivity contribution in [3.05, 3.63) is 17.0 Å². The van der Waals surface area contributed by atoms with E-state index in [0.29, 0.717) is 12.5 Å². The molecule has 0 bridgehead atoms. The Hall–Kier alpha value is -0.830. The second-order valence-electron chi connectivity index (χ2n) is 3.58. The fourth-order valence-corrected chi connectivity index (χ4v) is 1.57. The van der Waals surface area contributed by atoms with Gasteiger partial charge in [0.15, 0.2) is 0 Å². The van der Waals surface area contributed by atoms with Gasteiger partial charge in [0.2, 0.25) is 0 Å². The van der Waals surface area contributed by atoms with E-state index in [9.17, 15) is 0 Å². The van der Waals surface area contributed by atoms with Crippen LogP contribution in [-0.4, -0.2) is 5.16 Å². The largest absolute Gasteiger partial charge is 0.367 e. The SMILES string of the molecule is Cc1onc2c1COC2C(C)C. The minimum Gasteiger partial charge on any atom is -0.367 e. The molecule has 2 rings (SSSR count). The molecule has 1 aromatic rings. The monoisotopic (exact) mass is 167 g/mol. The molecule has 1 aliphatic heterocycles. The lowest BCUT2D eigenvalue weighted by Crippen LogP contribution is -2.04. The molecule has 1 aromatic heterocycles. The summed E-state index contributed by atoms with van der Waals surface area (Å²) in [6, 6.07) is 0. The molecule has 0 radical (unpaired) electrons. The van der Waals surface area contributed by atoms with Gasteiger partial charge in [0, 0.05) is 5.56 Å². The van der Waals surface area contributed by atoms with E-state index >= 15 is 0 Å². The van der Waals surface area contributed by atoms with Crippen LogP contribution in [0.1, 0.15) is 37.0 Å². The summed E-state index contributed by atoms with van der Waals surface area (Å²) in [6.07, 6.45) is 0.137. The summed E-state index contributed by atoms with van der Waals surface area (Å²) in [6.45, 7) is 6.85. The van der Waals surface area contributed by atoms with Gasteiger partial charge >= 0.3 is 0 Å². The third-order valence-corrected chi connectivity index (χ3v) is 2.30. The lowest BCUT2D eigenvalue weighted by molar-refractivity contribution is 0.0269. The zero-order valence-corrected chi connectivity index (χ0v) is 7.63. The average molecular weight is 167 g/mol. The summed E-state index contributed by atoms with van der Waals surface area (Å²) in [7, 11) is 0. The fraction of sp³-hybridized carbons (Fsp3) is 0.667. The van der Waals surface area contributed by atoms with E-state index in [2.05, 4.69) is 19.0 Å². The first-order valence-corrected chi connectivity index (χ1v) is 4.26. The van der Waals surface area contributed by atoms with Crippen LogP contribution in [-0.2, 0) is 11.3 Å². The Labute approximate surface area is 71.7 Å². The van der Waals surface area contributed by atoms with Gasteiger partial charge in [-0.25, -0.2) is 0 Å². The van der Waals surface area contributed by atoms with Crippen LogP contribution in [0.25, 0.3) is 0 Å². The lowest BCUT2D eigenvalue weighted by atomic mass is 10.0. The van der Waals surface area contributed by atoms with Crippen molar-refractivity contribution >= 4 is 0 Å². The Bertz CT molecular complexity index is 291. The second-order valence-corrected chi connectivity index (χ2v) is 3.58. The highest BCUT2D eigenvalue weighted by atomic mass is 16.5. The quantitative estimate of drug-likeness (QED) is 0.643. The predicted molar refractivity (Wildman–Crippen MR) is 43.6 cm³/mol.